The highest BCUT2D eigenvalue weighted by Gasteiger charge is 2.11. The van der Waals surface area contributed by atoms with Gasteiger partial charge in [0, 0.05) is 19.3 Å². The molecule has 1 aromatic carbocycles. The molecule has 1 aromatic heterocycles. The number of nitrogen functional groups attached to an aromatic ring is 1. The Morgan fingerprint density at radius 1 is 1.21 bits per heavy atom. The van der Waals surface area contributed by atoms with Crippen molar-refractivity contribution in [1.82, 2.24) is 4.98 Å². The fourth-order valence-corrected chi connectivity index (χ4v) is 2.18. The van der Waals surface area contributed by atoms with Gasteiger partial charge < -0.3 is 10.6 Å². The van der Waals surface area contributed by atoms with Crippen LogP contribution in [0.4, 0.5) is 11.5 Å². The molecular weight excluding hydrogens is 234 g/mol. The molecule has 3 nitrogen and oxygen atoms in total. The lowest BCUT2D eigenvalue weighted by atomic mass is 10.1. The van der Waals surface area contributed by atoms with Crippen LogP contribution in [0.15, 0.2) is 36.5 Å². The van der Waals surface area contributed by atoms with Gasteiger partial charge in [-0.15, -0.1) is 0 Å². The molecule has 1 heterocycles. The average molecular weight is 255 g/mol. The molecule has 0 aliphatic heterocycles. The van der Waals surface area contributed by atoms with Gasteiger partial charge in [-0.1, -0.05) is 24.3 Å². The van der Waals surface area contributed by atoms with Gasteiger partial charge >= 0.3 is 0 Å². The summed E-state index contributed by atoms with van der Waals surface area (Å²) in [5.41, 5.74) is 10.5. The van der Waals surface area contributed by atoms with Gasteiger partial charge in [-0.05, 0) is 43.5 Å². The first-order chi connectivity index (χ1) is 9.11. The zero-order chi connectivity index (χ0) is 13.8. The number of nitrogens with two attached hydrogens (primary N) is 1. The normalized spacial score (nSPS) is 10.5. The van der Waals surface area contributed by atoms with E-state index >= 15 is 0 Å². The highest BCUT2D eigenvalue weighted by Crippen LogP contribution is 2.23. The predicted molar refractivity (Wildman–Crippen MR) is 81.3 cm³/mol. The van der Waals surface area contributed by atoms with Gasteiger partial charge in [0.25, 0.3) is 0 Å². The second kappa shape index (κ2) is 5.74. The molecular formula is C16H21N3. The molecule has 0 saturated heterocycles. The summed E-state index contributed by atoms with van der Waals surface area (Å²) >= 11 is 0. The molecule has 19 heavy (non-hydrogen) atoms. The number of aromatic nitrogens is 1. The lowest BCUT2D eigenvalue weighted by Gasteiger charge is -2.24. The minimum absolute atomic E-state index is 0.746. The molecule has 100 valence electrons. The van der Waals surface area contributed by atoms with Crippen LogP contribution >= 0.6 is 0 Å². The maximum atomic E-state index is 6.09. The Morgan fingerprint density at radius 2 is 1.95 bits per heavy atom. The van der Waals surface area contributed by atoms with E-state index in [2.05, 4.69) is 48.0 Å². The van der Waals surface area contributed by atoms with Crippen LogP contribution in [-0.2, 0) is 6.54 Å². The van der Waals surface area contributed by atoms with Gasteiger partial charge in [-0.2, -0.15) is 0 Å². The summed E-state index contributed by atoms with van der Waals surface area (Å²) in [4.78, 5) is 6.68. The van der Waals surface area contributed by atoms with E-state index in [1.807, 2.05) is 19.2 Å². The van der Waals surface area contributed by atoms with Crippen molar-refractivity contribution >= 4 is 11.5 Å². The fourth-order valence-electron chi connectivity index (χ4n) is 2.18. The highest BCUT2D eigenvalue weighted by molar-refractivity contribution is 5.63. The van der Waals surface area contributed by atoms with Gasteiger partial charge in [0.2, 0.25) is 0 Å². The summed E-state index contributed by atoms with van der Waals surface area (Å²) in [5.74, 6) is 0.872. The molecule has 0 unspecified atom stereocenters. The summed E-state index contributed by atoms with van der Waals surface area (Å²) in [5, 5.41) is 0. The largest absolute Gasteiger partial charge is 0.396 e. The Bertz CT molecular complexity index is 564. The summed E-state index contributed by atoms with van der Waals surface area (Å²) in [7, 11) is 0. The number of anilines is 2. The third kappa shape index (κ3) is 3.05. The van der Waals surface area contributed by atoms with Crippen molar-refractivity contribution in [2.75, 3.05) is 17.2 Å². The van der Waals surface area contributed by atoms with Crippen molar-refractivity contribution in [1.29, 1.82) is 0 Å². The maximum absolute atomic E-state index is 6.09. The molecule has 0 radical (unpaired) electrons. The maximum Gasteiger partial charge on any atom is 0.152 e. The van der Waals surface area contributed by atoms with E-state index in [0.717, 1.165) is 30.2 Å². The van der Waals surface area contributed by atoms with Crippen LogP contribution < -0.4 is 10.6 Å². The van der Waals surface area contributed by atoms with Gasteiger partial charge in [-0.3, -0.25) is 0 Å². The van der Waals surface area contributed by atoms with E-state index < -0.39 is 0 Å². The number of hydrogen-bond donors (Lipinski definition) is 1. The summed E-state index contributed by atoms with van der Waals surface area (Å²) in [6.45, 7) is 7.98. The van der Waals surface area contributed by atoms with Gasteiger partial charge in [0.05, 0.1) is 5.69 Å². The van der Waals surface area contributed by atoms with E-state index in [0.29, 0.717) is 0 Å². The molecule has 0 saturated carbocycles. The number of rotatable bonds is 4. The molecule has 0 aliphatic carbocycles. The SMILES string of the molecule is CCN(Cc1ccccc1C)c1ncc(C)cc1N. The van der Waals surface area contributed by atoms with Crippen LogP contribution in [0.5, 0.6) is 0 Å². The Kier molecular flexibility index (Phi) is 4.05. The zero-order valence-electron chi connectivity index (χ0n) is 11.9. The van der Waals surface area contributed by atoms with Gasteiger partial charge in [0.1, 0.15) is 0 Å². The smallest absolute Gasteiger partial charge is 0.152 e. The van der Waals surface area contributed by atoms with Crippen LogP contribution in [0.1, 0.15) is 23.6 Å². The summed E-state index contributed by atoms with van der Waals surface area (Å²) < 4.78 is 0. The molecule has 0 amide bonds. The highest BCUT2D eigenvalue weighted by atomic mass is 15.2. The molecule has 2 N–H and O–H groups in total. The fraction of sp³-hybridized carbons (Fsp3) is 0.312. The van der Waals surface area contributed by atoms with Crippen LogP contribution in [0.3, 0.4) is 0 Å². The lowest BCUT2D eigenvalue weighted by Crippen LogP contribution is -2.24. The zero-order valence-corrected chi connectivity index (χ0v) is 11.9. The van der Waals surface area contributed by atoms with E-state index in [4.69, 9.17) is 5.73 Å². The number of aryl methyl sites for hydroxylation is 2. The van der Waals surface area contributed by atoms with Crippen molar-refractivity contribution in [3.8, 4) is 0 Å². The molecule has 0 spiro atoms. The Balaban J connectivity index is 2.28. The summed E-state index contributed by atoms with van der Waals surface area (Å²) in [6.07, 6.45) is 1.87. The third-order valence-electron chi connectivity index (χ3n) is 3.34. The Labute approximate surface area is 115 Å². The summed E-state index contributed by atoms with van der Waals surface area (Å²) in [6, 6.07) is 10.4. The molecule has 0 atom stereocenters. The first-order valence-corrected chi connectivity index (χ1v) is 6.63. The van der Waals surface area contributed by atoms with E-state index in [-0.39, 0.29) is 0 Å². The minimum atomic E-state index is 0.746. The molecule has 0 bridgehead atoms. The van der Waals surface area contributed by atoms with Crippen molar-refractivity contribution in [3.63, 3.8) is 0 Å². The van der Waals surface area contributed by atoms with Gasteiger partial charge in [0.15, 0.2) is 5.82 Å². The second-order valence-electron chi connectivity index (χ2n) is 4.87. The Hall–Kier alpha value is -2.03. The van der Waals surface area contributed by atoms with Crippen LogP contribution in [0.2, 0.25) is 0 Å². The van der Waals surface area contributed by atoms with E-state index in [1.54, 1.807) is 0 Å². The van der Waals surface area contributed by atoms with Crippen LogP contribution in [0, 0.1) is 13.8 Å². The van der Waals surface area contributed by atoms with E-state index in [9.17, 15) is 0 Å². The second-order valence-corrected chi connectivity index (χ2v) is 4.87. The first-order valence-electron chi connectivity index (χ1n) is 6.63. The van der Waals surface area contributed by atoms with Gasteiger partial charge in [-0.25, -0.2) is 4.98 Å². The van der Waals surface area contributed by atoms with Crippen LogP contribution in [0.25, 0.3) is 0 Å². The standard InChI is InChI=1S/C16H21N3/c1-4-19(11-14-8-6-5-7-13(14)3)16-15(17)9-12(2)10-18-16/h5-10H,4,11,17H2,1-3H3. The molecule has 0 fully saturated rings. The quantitative estimate of drug-likeness (QED) is 0.911. The monoisotopic (exact) mass is 255 g/mol. The van der Waals surface area contributed by atoms with E-state index in [1.165, 1.54) is 11.1 Å². The average Bonchev–Trinajstić information content (AvgIpc) is 2.39. The first kappa shape index (κ1) is 13.4. The molecule has 2 aromatic rings. The third-order valence-corrected chi connectivity index (χ3v) is 3.34. The minimum Gasteiger partial charge on any atom is -0.396 e. The molecule has 3 heteroatoms. The number of benzene rings is 1. The molecule has 2 rings (SSSR count). The Morgan fingerprint density at radius 3 is 2.58 bits per heavy atom. The number of nitrogens with zero attached hydrogens (tertiary/aromatic N) is 2. The topological polar surface area (TPSA) is 42.2 Å². The number of pyridine rings is 1. The lowest BCUT2D eigenvalue weighted by molar-refractivity contribution is 0.811. The van der Waals surface area contributed by atoms with Crippen LogP contribution in [-0.4, -0.2) is 11.5 Å². The van der Waals surface area contributed by atoms with Crippen molar-refractivity contribution in [2.24, 2.45) is 0 Å². The van der Waals surface area contributed by atoms with Crippen molar-refractivity contribution in [3.05, 3.63) is 53.2 Å². The van der Waals surface area contributed by atoms with Crippen molar-refractivity contribution in [2.45, 2.75) is 27.3 Å². The van der Waals surface area contributed by atoms with Crippen molar-refractivity contribution < 1.29 is 0 Å². The predicted octanol–water partition coefficient (Wildman–Crippen LogP) is 3.31. The molecule has 0 aliphatic rings. The number of hydrogen-bond acceptors (Lipinski definition) is 3.